The molecule has 0 unspecified atom stereocenters. The van der Waals surface area contributed by atoms with Gasteiger partial charge in [0.1, 0.15) is 5.69 Å². The number of fused-ring (bicyclic) bond motifs is 1. The quantitative estimate of drug-likeness (QED) is 0.543. The molecule has 2 aromatic carbocycles. The fraction of sp³-hybridized carbons (Fsp3) is 0.0556. The molecule has 0 aliphatic rings. The Morgan fingerprint density at radius 2 is 1.54 bits per heavy atom. The van der Waals surface area contributed by atoms with Crippen molar-refractivity contribution in [1.29, 1.82) is 0 Å². The topological polar surface area (TPSA) is 73.0 Å². The fourth-order valence-electron chi connectivity index (χ4n) is 2.79. The van der Waals surface area contributed by atoms with Crippen molar-refractivity contribution >= 4 is 11.4 Å². The van der Waals surface area contributed by atoms with E-state index < -0.39 is 0 Å². The molecule has 0 radical (unpaired) electrons. The summed E-state index contributed by atoms with van der Waals surface area (Å²) in [6, 6.07) is 19.4. The van der Waals surface area contributed by atoms with Crippen molar-refractivity contribution in [1.82, 2.24) is 25.3 Å². The Balaban J connectivity index is 2.16. The van der Waals surface area contributed by atoms with Gasteiger partial charge in [-0.1, -0.05) is 60.7 Å². The van der Waals surface area contributed by atoms with E-state index in [0.717, 1.165) is 16.7 Å². The SMILES string of the molecule is CC(=O)c1c(-c2ccccc2)c(-c2ccccc2)nn2nnnc12. The summed E-state index contributed by atoms with van der Waals surface area (Å²) in [4.78, 5) is 12.4. The van der Waals surface area contributed by atoms with Crippen molar-refractivity contribution in [3.63, 3.8) is 0 Å². The monoisotopic (exact) mass is 315 g/mol. The van der Waals surface area contributed by atoms with Crippen LogP contribution in [-0.2, 0) is 0 Å². The average Bonchev–Trinajstić information content (AvgIpc) is 3.09. The van der Waals surface area contributed by atoms with Crippen LogP contribution in [0.5, 0.6) is 0 Å². The largest absolute Gasteiger partial charge is 0.294 e. The molecule has 0 atom stereocenters. The molecule has 0 aliphatic carbocycles. The van der Waals surface area contributed by atoms with E-state index in [0.29, 0.717) is 16.9 Å². The predicted molar refractivity (Wildman–Crippen MR) is 89.5 cm³/mol. The Morgan fingerprint density at radius 1 is 0.917 bits per heavy atom. The first-order chi connectivity index (χ1) is 11.8. The van der Waals surface area contributed by atoms with Crippen molar-refractivity contribution < 1.29 is 4.79 Å². The maximum Gasteiger partial charge on any atom is 0.211 e. The number of aromatic nitrogens is 5. The number of carbonyl (C=O) groups is 1. The highest BCUT2D eigenvalue weighted by Gasteiger charge is 2.22. The highest BCUT2D eigenvalue weighted by atomic mass is 16.1. The second-order valence-electron chi connectivity index (χ2n) is 5.38. The first-order valence-corrected chi connectivity index (χ1v) is 7.50. The second-order valence-corrected chi connectivity index (χ2v) is 5.38. The predicted octanol–water partition coefficient (Wildman–Crippen LogP) is 3.06. The molecule has 4 rings (SSSR count). The van der Waals surface area contributed by atoms with Gasteiger partial charge in [-0.25, -0.2) is 0 Å². The van der Waals surface area contributed by atoms with Gasteiger partial charge in [-0.3, -0.25) is 4.79 Å². The number of tetrazole rings is 1. The Bertz CT molecular complexity index is 1030. The molecular weight excluding hydrogens is 302 g/mol. The zero-order chi connectivity index (χ0) is 16.5. The summed E-state index contributed by atoms with van der Waals surface area (Å²) in [5.41, 5.74) is 4.06. The molecule has 24 heavy (non-hydrogen) atoms. The summed E-state index contributed by atoms with van der Waals surface area (Å²) in [6.07, 6.45) is 0. The van der Waals surface area contributed by atoms with Crippen molar-refractivity contribution in [3.05, 3.63) is 66.2 Å². The first kappa shape index (κ1) is 14.2. The average molecular weight is 315 g/mol. The van der Waals surface area contributed by atoms with Gasteiger partial charge < -0.3 is 0 Å². The molecule has 0 saturated carbocycles. The van der Waals surface area contributed by atoms with Crippen LogP contribution in [-0.4, -0.2) is 31.0 Å². The van der Waals surface area contributed by atoms with Gasteiger partial charge in [-0.2, -0.15) is 0 Å². The number of ketones is 1. The van der Waals surface area contributed by atoms with Crippen LogP contribution in [0.1, 0.15) is 17.3 Å². The molecule has 0 N–H and O–H groups in total. The Hall–Kier alpha value is -3.41. The van der Waals surface area contributed by atoms with Crippen molar-refractivity contribution in [2.75, 3.05) is 0 Å². The molecule has 0 saturated heterocycles. The molecule has 0 bridgehead atoms. The van der Waals surface area contributed by atoms with Crippen LogP contribution in [0.25, 0.3) is 28.0 Å². The van der Waals surface area contributed by atoms with Crippen LogP contribution in [0.3, 0.4) is 0 Å². The van der Waals surface area contributed by atoms with E-state index in [2.05, 4.69) is 20.6 Å². The van der Waals surface area contributed by atoms with Gasteiger partial charge in [0.2, 0.25) is 5.65 Å². The van der Waals surface area contributed by atoms with E-state index in [1.165, 1.54) is 11.6 Å². The number of rotatable bonds is 3. The lowest BCUT2D eigenvalue weighted by atomic mass is 9.94. The van der Waals surface area contributed by atoms with Gasteiger partial charge in [-0.05, 0) is 22.9 Å². The molecule has 0 spiro atoms. The summed E-state index contributed by atoms with van der Waals surface area (Å²) < 4.78 is 1.31. The molecule has 0 fully saturated rings. The third-order valence-electron chi connectivity index (χ3n) is 3.82. The van der Waals surface area contributed by atoms with Gasteiger partial charge in [-0.15, -0.1) is 14.8 Å². The van der Waals surface area contributed by atoms with Crippen LogP contribution >= 0.6 is 0 Å². The molecule has 4 aromatic rings. The van der Waals surface area contributed by atoms with E-state index in [4.69, 9.17) is 0 Å². The van der Waals surface area contributed by atoms with Gasteiger partial charge in [0.25, 0.3) is 0 Å². The molecule has 0 amide bonds. The smallest absolute Gasteiger partial charge is 0.211 e. The Kier molecular flexibility index (Phi) is 3.35. The fourth-order valence-corrected chi connectivity index (χ4v) is 2.79. The van der Waals surface area contributed by atoms with Crippen LogP contribution in [0.15, 0.2) is 60.7 Å². The van der Waals surface area contributed by atoms with Crippen LogP contribution < -0.4 is 0 Å². The summed E-state index contributed by atoms with van der Waals surface area (Å²) >= 11 is 0. The number of benzene rings is 2. The van der Waals surface area contributed by atoms with Crippen LogP contribution in [0, 0.1) is 0 Å². The van der Waals surface area contributed by atoms with Crippen molar-refractivity contribution in [3.8, 4) is 22.4 Å². The van der Waals surface area contributed by atoms with Gasteiger partial charge >= 0.3 is 0 Å². The normalized spacial score (nSPS) is 10.9. The van der Waals surface area contributed by atoms with Gasteiger partial charge in [0, 0.05) is 11.1 Å². The van der Waals surface area contributed by atoms with E-state index in [1.807, 2.05) is 60.7 Å². The van der Waals surface area contributed by atoms with Gasteiger partial charge in [0.15, 0.2) is 5.78 Å². The molecule has 2 heterocycles. The number of hydrogen-bond acceptors (Lipinski definition) is 5. The van der Waals surface area contributed by atoms with E-state index in [1.54, 1.807) is 0 Å². The molecule has 6 nitrogen and oxygen atoms in total. The number of carbonyl (C=O) groups excluding carboxylic acids is 1. The zero-order valence-corrected chi connectivity index (χ0v) is 12.9. The summed E-state index contributed by atoms with van der Waals surface area (Å²) in [5.74, 6) is -0.103. The van der Waals surface area contributed by atoms with Crippen molar-refractivity contribution in [2.24, 2.45) is 0 Å². The van der Waals surface area contributed by atoms with E-state index in [9.17, 15) is 4.79 Å². The van der Waals surface area contributed by atoms with Gasteiger partial charge in [0.05, 0.1) is 5.56 Å². The standard InChI is InChI=1S/C18H13N5O/c1-12(24)15-16(13-8-4-2-5-9-13)17(14-10-6-3-7-11-14)20-23-18(15)19-21-22-23/h2-11H,1H3. The minimum atomic E-state index is -0.103. The van der Waals surface area contributed by atoms with Crippen LogP contribution in [0.2, 0.25) is 0 Å². The third-order valence-corrected chi connectivity index (χ3v) is 3.82. The minimum absolute atomic E-state index is 0.103. The summed E-state index contributed by atoms with van der Waals surface area (Å²) in [7, 11) is 0. The molecule has 6 heteroatoms. The lowest BCUT2D eigenvalue weighted by molar-refractivity contribution is 0.101. The highest BCUT2D eigenvalue weighted by Crippen LogP contribution is 2.34. The maximum atomic E-state index is 12.4. The minimum Gasteiger partial charge on any atom is -0.294 e. The molecule has 2 aromatic heterocycles. The van der Waals surface area contributed by atoms with Crippen molar-refractivity contribution in [2.45, 2.75) is 6.92 Å². The Morgan fingerprint density at radius 3 is 2.17 bits per heavy atom. The Labute approximate surface area is 137 Å². The third kappa shape index (κ3) is 2.25. The molecule has 116 valence electrons. The van der Waals surface area contributed by atoms with E-state index in [-0.39, 0.29) is 5.78 Å². The number of nitrogens with zero attached hydrogens (tertiary/aromatic N) is 5. The van der Waals surface area contributed by atoms with Crippen LogP contribution in [0.4, 0.5) is 0 Å². The summed E-state index contributed by atoms with van der Waals surface area (Å²) in [6.45, 7) is 1.52. The van der Waals surface area contributed by atoms with E-state index >= 15 is 0 Å². The highest BCUT2D eigenvalue weighted by molar-refractivity contribution is 6.08. The zero-order valence-electron chi connectivity index (χ0n) is 12.9. The first-order valence-electron chi connectivity index (χ1n) is 7.50. The molecular formula is C18H13N5O. The number of Topliss-reactive ketones (excluding diaryl/α,β-unsaturated/α-hetero) is 1. The lowest BCUT2D eigenvalue weighted by Crippen LogP contribution is -2.08. The lowest BCUT2D eigenvalue weighted by Gasteiger charge is -2.13. The second kappa shape index (κ2) is 5.66. The summed E-state index contributed by atoms with van der Waals surface area (Å²) in [5, 5.41) is 16.1. The number of hydrogen-bond donors (Lipinski definition) is 0. The molecule has 0 aliphatic heterocycles. The maximum absolute atomic E-state index is 12.4.